The van der Waals surface area contributed by atoms with Gasteiger partial charge in [0, 0.05) is 30.3 Å². The molecular weight excluding hydrogens is 603 g/mol. The maximum absolute atomic E-state index is 13.7. The third-order valence-electron chi connectivity index (χ3n) is 9.13. The lowest BCUT2D eigenvalue weighted by Crippen LogP contribution is -2.35. The van der Waals surface area contributed by atoms with Crippen molar-refractivity contribution in [1.82, 2.24) is 19.4 Å². The van der Waals surface area contributed by atoms with Crippen LogP contribution >= 0.6 is 11.3 Å². The molecule has 238 valence electrons. The smallest absolute Gasteiger partial charge is 0.335 e. The predicted molar refractivity (Wildman–Crippen MR) is 177 cm³/mol. The monoisotopic (exact) mass is 640 g/mol. The van der Waals surface area contributed by atoms with Gasteiger partial charge in [0.1, 0.15) is 29.0 Å². The van der Waals surface area contributed by atoms with E-state index in [1.54, 1.807) is 35.6 Å². The Labute approximate surface area is 271 Å². The number of halogens is 1. The highest BCUT2D eigenvalue weighted by Gasteiger charge is 2.24. The van der Waals surface area contributed by atoms with E-state index >= 15 is 0 Å². The molecule has 2 fully saturated rings. The third kappa shape index (κ3) is 6.56. The number of imidazole rings is 1. The van der Waals surface area contributed by atoms with Crippen molar-refractivity contribution in [1.29, 1.82) is 0 Å². The summed E-state index contributed by atoms with van der Waals surface area (Å²) < 4.78 is 22.3. The first-order valence-corrected chi connectivity index (χ1v) is 16.9. The number of aromatic carboxylic acids is 1. The van der Waals surface area contributed by atoms with Gasteiger partial charge in [0.25, 0.3) is 0 Å². The van der Waals surface area contributed by atoms with Gasteiger partial charge < -0.3 is 19.5 Å². The maximum atomic E-state index is 13.7. The predicted octanol–water partition coefficient (Wildman–Crippen LogP) is 7.71. The molecule has 2 aliphatic rings. The molecule has 1 aliphatic heterocycles. The lowest BCUT2D eigenvalue weighted by atomic mass is 9.95. The fourth-order valence-corrected chi connectivity index (χ4v) is 7.71. The minimum Gasteiger partial charge on any atom is -0.488 e. The molecule has 0 unspecified atom stereocenters. The molecule has 1 saturated carbocycles. The lowest BCUT2D eigenvalue weighted by Gasteiger charge is -2.28. The average molecular weight is 641 g/mol. The van der Waals surface area contributed by atoms with Crippen molar-refractivity contribution in [3.63, 3.8) is 0 Å². The molecule has 0 radical (unpaired) electrons. The fourth-order valence-electron chi connectivity index (χ4n) is 6.66. The molecule has 0 amide bonds. The van der Waals surface area contributed by atoms with Crippen LogP contribution in [0.5, 0.6) is 5.75 Å². The second-order valence-corrected chi connectivity index (χ2v) is 13.5. The Morgan fingerprint density at radius 2 is 1.63 bits per heavy atom. The van der Waals surface area contributed by atoms with Gasteiger partial charge in [0.2, 0.25) is 0 Å². The van der Waals surface area contributed by atoms with Gasteiger partial charge in [-0.15, -0.1) is 11.3 Å². The molecule has 0 bridgehead atoms. The molecule has 8 nitrogen and oxygen atoms in total. The van der Waals surface area contributed by atoms with Crippen LogP contribution in [0.3, 0.4) is 0 Å². The van der Waals surface area contributed by atoms with E-state index in [2.05, 4.69) is 9.47 Å². The zero-order valence-corrected chi connectivity index (χ0v) is 26.4. The van der Waals surface area contributed by atoms with E-state index in [4.69, 9.17) is 14.7 Å². The highest BCUT2D eigenvalue weighted by molar-refractivity contribution is 7.12. The number of nitrogens with zero attached hydrogens (tertiary/aromatic N) is 4. The zero-order valence-electron chi connectivity index (χ0n) is 25.6. The van der Waals surface area contributed by atoms with Gasteiger partial charge in [0.05, 0.1) is 39.8 Å². The van der Waals surface area contributed by atoms with Crippen LogP contribution in [0.2, 0.25) is 0 Å². The number of fused-ring (bicyclic) bond motifs is 1. The number of hydrogen-bond acceptors (Lipinski definition) is 7. The van der Waals surface area contributed by atoms with E-state index < -0.39 is 5.97 Å². The summed E-state index contributed by atoms with van der Waals surface area (Å²) in [6, 6.07) is 19.8. The quantitative estimate of drug-likeness (QED) is 0.170. The second-order valence-electron chi connectivity index (χ2n) is 12.3. The number of carbonyl (C=O) groups is 1. The molecule has 0 atom stereocenters. The standard InChI is InChI=1S/C36H37FN4O4S/c37-26-11-6-23(7-12-26)34-32(46-33(39-34)21-40-18-16-28(42)17-19-40)22-45-29-13-8-24(9-14-29)35-38-30-20-25(36(43)44)10-15-31(30)41(35)27-4-2-1-3-5-27/h6-15,20,27-28,42H,1-5,16-19,21-22H2,(H,43,44). The Hall–Kier alpha value is -4.12. The van der Waals surface area contributed by atoms with Crippen LogP contribution in [-0.2, 0) is 13.2 Å². The summed E-state index contributed by atoms with van der Waals surface area (Å²) in [5.74, 6) is 0.302. The summed E-state index contributed by atoms with van der Waals surface area (Å²) in [5.41, 5.74) is 4.48. The van der Waals surface area contributed by atoms with Gasteiger partial charge in [-0.3, -0.25) is 4.90 Å². The molecule has 7 rings (SSSR count). The third-order valence-corrected chi connectivity index (χ3v) is 10.1. The number of carboxylic acid groups (broad SMARTS) is 1. The van der Waals surface area contributed by atoms with Crippen molar-refractivity contribution < 1.29 is 24.1 Å². The van der Waals surface area contributed by atoms with Crippen LogP contribution in [0, 0.1) is 5.82 Å². The number of hydrogen-bond donors (Lipinski definition) is 2. The number of aliphatic hydroxyl groups is 1. The SMILES string of the molecule is O=C(O)c1ccc2c(c1)nc(-c1ccc(OCc3sc(CN4CCC(O)CC4)nc3-c3ccc(F)cc3)cc1)n2C1CCCCC1. The number of aromatic nitrogens is 3. The van der Waals surface area contributed by atoms with E-state index in [-0.39, 0.29) is 17.5 Å². The first kappa shape index (κ1) is 30.5. The molecule has 3 aromatic carbocycles. The maximum Gasteiger partial charge on any atom is 0.335 e. The molecule has 3 heterocycles. The minimum atomic E-state index is -0.959. The van der Waals surface area contributed by atoms with Crippen LogP contribution in [0.4, 0.5) is 4.39 Å². The number of aliphatic hydroxyl groups excluding tert-OH is 1. The molecule has 2 N–H and O–H groups in total. The normalized spacial score (nSPS) is 16.7. The van der Waals surface area contributed by atoms with Crippen molar-refractivity contribution in [3.05, 3.63) is 88.0 Å². The van der Waals surface area contributed by atoms with Gasteiger partial charge in [-0.2, -0.15) is 0 Å². The van der Waals surface area contributed by atoms with E-state index in [0.29, 0.717) is 30.5 Å². The van der Waals surface area contributed by atoms with Crippen LogP contribution < -0.4 is 4.74 Å². The van der Waals surface area contributed by atoms with Gasteiger partial charge in [-0.05, 0) is 92.4 Å². The first-order valence-electron chi connectivity index (χ1n) is 16.0. The Balaban J connectivity index is 1.13. The number of ether oxygens (including phenoxy) is 1. The summed E-state index contributed by atoms with van der Waals surface area (Å²) >= 11 is 1.61. The summed E-state index contributed by atoms with van der Waals surface area (Å²) in [4.78, 5) is 24.8. The van der Waals surface area contributed by atoms with Crippen LogP contribution in [0.15, 0.2) is 66.7 Å². The topological polar surface area (TPSA) is 101 Å². The Kier molecular flexibility index (Phi) is 8.84. The van der Waals surface area contributed by atoms with Crippen molar-refractivity contribution in [2.24, 2.45) is 0 Å². The molecule has 10 heteroatoms. The Bertz CT molecular complexity index is 1820. The summed E-state index contributed by atoms with van der Waals surface area (Å²) in [5, 5.41) is 20.4. The van der Waals surface area contributed by atoms with Crippen molar-refractivity contribution in [2.45, 2.75) is 70.2 Å². The van der Waals surface area contributed by atoms with E-state index in [1.165, 1.54) is 31.4 Å². The number of rotatable bonds is 9. The number of carboxylic acids is 1. The highest BCUT2D eigenvalue weighted by atomic mass is 32.1. The summed E-state index contributed by atoms with van der Waals surface area (Å²) in [6.45, 7) is 2.69. The van der Waals surface area contributed by atoms with E-state index in [9.17, 15) is 19.4 Å². The van der Waals surface area contributed by atoms with Crippen LogP contribution in [0.1, 0.15) is 71.2 Å². The Morgan fingerprint density at radius 3 is 2.35 bits per heavy atom. The molecule has 2 aromatic heterocycles. The number of piperidine rings is 1. The van der Waals surface area contributed by atoms with Crippen molar-refractivity contribution in [3.8, 4) is 28.4 Å². The molecule has 46 heavy (non-hydrogen) atoms. The van der Waals surface area contributed by atoms with Crippen LogP contribution in [-0.4, -0.2) is 54.8 Å². The van der Waals surface area contributed by atoms with E-state index in [0.717, 1.165) is 76.8 Å². The second kappa shape index (κ2) is 13.3. The largest absolute Gasteiger partial charge is 0.488 e. The lowest BCUT2D eigenvalue weighted by molar-refractivity contribution is 0.0696. The first-order chi connectivity index (χ1) is 22.4. The number of thiazole rings is 1. The molecule has 1 saturated heterocycles. The summed E-state index contributed by atoms with van der Waals surface area (Å²) in [6.07, 6.45) is 7.04. The number of likely N-dealkylation sites (tertiary alicyclic amines) is 1. The Morgan fingerprint density at radius 1 is 0.913 bits per heavy atom. The average Bonchev–Trinajstić information content (AvgIpc) is 3.67. The van der Waals surface area contributed by atoms with Crippen molar-refractivity contribution >= 4 is 28.3 Å². The fraction of sp³-hybridized carbons (Fsp3) is 0.361. The minimum absolute atomic E-state index is 0.228. The highest BCUT2D eigenvalue weighted by Crippen LogP contribution is 2.37. The van der Waals surface area contributed by atoms with Gasteiger partial charge >= 0.3 is 5.97 Å². The van der Waals surface area contributed by atoms with Crippen LogP contribution in [0.25, 0.3) is 33.7 Å². The molecule has 1 aliphatic carbocycles. The van der Waals surface area contributed by atoms with Gasteiger partial charge in [-0.1, -0.05) is 19.3 Å². The molecule has 0 spiro atoms. The van der Waals surface area contributed by atoms with E-state index in [1.807, 2.05) is 30.3 Å². The summed E-state index contributed by atoms with van der Waals surface area (Å²) in [7, 11) is 0. The zero-order chi connectivity index (χ0) is 31.6. The van der Waals surface area contributed by atoms with Gasteiger partial charge in [-0.25, -0.2) is 19.2 Å². The molecule has 5 aromatic rings. The van der Waals surface area contributed by atoms with Crippen molar-refractivity contribution in [2.75, 3.05) is 13.1 Å². The number of benzene rings is 3. The van der Waals surface area contributed by atoms with Gasteiger partial charge in [0.15, 0.2) is 0 Å². The molecular formula is C36H37FN4O4S.